The molecule has 0 saturated heterocycles. The molecule has 0 saturated carbocycles. The summed E-state index contributed by atoms with van der Waals surface area (Å²) in [5.41, 5.74) is 0.619. The molecule has 6 nitrogen and oxygen atoms in total. The average Bonchev–Trinajstić information content (AvgIpc) is 2.65. The maximum absolute atomic E-state index is 12.6. The molecule has 2 aromatic carbocycles. The Morgan fingerprint density at radius 1 is 1.18 bits per heavy atom. The van der Waals surface area contributed by atoms with Gasteiger partial charge >= 0.3 is 5.97 Å². The second-order valence-corrected chi connectivity index (χ2v) is 8.57. The monoisotopic (exact) mass is 398 g/mol. The third kappa shape index (κ3) is 4.36. The molecule has 0 amide bonds. The number of thioether (sulfide) groups is 1. The van der Waals surface area contributed by atoms with Crippen molar-refractivity contribution in [1.29, 1.82) is 0 Å². The highest BCUT2D eigenvalue weighted by Crippen LogP contribution is 2.33. The molecule has 0 fully saturated rings. The van der Waals surface area contributed by atoms with Gasteiger partial charge in [-0.15, -0.1) is 11.8 Å². The lowest BCUT2D eigenvalue weighted by Crippen LogP contribution is -2.26. The number of ether oxygens (including phenoxy) is 1. The molecule has 146 valence electrons. The van der Waals surface area contributed by atoms with Gasteiger partial charge in [-0.2, -0.15) is 0 Å². The van der Waals surface area contributed by atoms with Crippen LogP contribution in [0.1, 0.15) is 19.7 Å². The zero-order valence-electron chi connectivity index (χ0n) is 16.0. The molecule has 3 rings (SSSR count). The zero-order chi connectivity index (χ0) is 20.3. The number of rotatable bonds is 7. The topological polar surface area (TPSA) is 81.4 Å². The molecule has 0 aliphatic heterocycles. The zero-order valence-corrected chi connectivity index (χ0v) is 16.8. The van der Waals surface area contributed by atoms with Crippen LogP contribution in [0, 0.1) is 6.92 Å². The summed E-state index contributed by atoms with van der Waals surface area (Å²) in [7, 11) is 0. The first-order valence-corrected chi connectivity index (χ1v) is 9.71. The van der Waals surface area contributed by atoms with Crippen LogP contribution in [0.2, 0.25) is 0 Å². The van der Waals surface area contributed by atoms with Crippen LogP contribution < -0.4 is 10.3 Å². The molecule has 0 aliphatic carbocycles. The van der Waals surface area contributed by atoms with Gasteiger partial charge in [0.15, 0.2) is 0 Å². The Morgan fingerprint density at radius 3 is 2.54 bits per heavy atom. The maximum Gasteiger partial charge on any atom is 0.319 e. The van der Waals surface area contributed by atoms with Gasteiger partial charge in [0.05, 0.1) is 17.4 Å². The van der Waals surface area contributed by atoms with E-state index in [1.165, 1.54) is 11.8 Å². The van der Waals surface area contributed by atoms with Gasteiger partial charge in [-0.3, -0.25) is 14.2 Å². The standard InChI is InChI=1S/C21H22N2O4S/c1-14-22-18-7-5-4-6-17(18)19(24)23(14)12-13-27-15-8-10-16(11-9-15)28-21(2,3)20(25)26/h4-11H,12-13H2,1-3H3,(H,25,26). The van der Waals surface area contributed by atoms with Crippen molar-refractivity contribution in [2.24, 2.45) is 0 Å². The molecule has 28 heavy (non-hydrogen) atoms. The van der Waals surface area contributed by atoms with Gasteiger partial charge in [0.25, 0.3) is 5.56 Å². The van der Waals surface area contributed by atoms with Crippen LogP contribution in [0.15, 0.2) is 58.2 Å². The first kappa shape index (κ1) is 19.9. The number of para-hydroxylation sites is 1. The molecule has 0 bridgehead atoms. The van der Waals surface area contributed by atoms with Crippen molar-refractivity contribution < 1.29 is 14.6 Å². The number of carbonyl (C=O) groups is 1. The summed E-state index contributed by atoms with van der Waals surface area (Å²) in [6.45, 7) is 5.87. The lowest BCUT2D eigenvalue weighted by molar-refractivity contribution is -0.138. The average molecular weight is 398 g/mol. The summed E-state index contributed by atoms with van der Waals surface area (Å²) in [6.07, 6.45) is 0. The highest BCUT2D eigenvalue weighted by atomic mass is 32.2. The predicted octanol–water partition coefficient (Wildman–Crippen LogP) is 3.74. The fraction of sp³-hybridized carbons (Fsp3) is 0.286. The summed E-state index contributed by atoms with van der Waals surface area (Å²) < 4.78 is 6.47. The highest BCUT2D eigenvalue weighted by Gasteiger charge is 2.28. The minimum absolute atomic E-state index is 0.0747. The van der Waals surface area contributed by atoms with E-state index in [9.17, 15) is 14.7 Å². The van der Waals surface area contributed by atoms with Crippen LogP contribution >= 0.6 is 11.8 Å². The van der Waals surface area contributed by atoms with E-state index in [-0.39, 0.29) is 5.56 Å². The number of hydrogen-bond acceptors (Lipinski definition) is 5. The molecular weight excluding hydrogens is 376 g/mol. The molecule has 7 heteroatoms. The third-order valence-electron chi connectivity index (χ3n) is 4.35. The van der Waals surface area contributed by atoms with Crippen LogP contribution in [-0.2, 0) is 11.3 Å². The molecule has 0 spiro atoms. The van der Waals surface area contributed by atoms with Gasteiger partial charge in [-0.05, 0) is 57.2 Å². The van der Waals surface area contributed by atoms with Crippen LogP contribution in [0.25, 0.3) is 10.9 Å². The lowest BCUT2D eigenvalue weighted by Gasteiger charge is -2.18. The second kappa shape index (κ2) is 8.06. The van der Waals surface area contributed by atoms with Gasteiger partial charge < -0.3 is 9.84 Å². The normalized spacial score (nSPS) is 11.5. The largest absolute Gasteiger partial charge is 0.492 e. The van der Waals surface area contributed by atoms with Gasteiger partial charge in [0.1, 0.15) is 22.9 Å². The van der Waals surface area contributed by atoms with E-state index in [4.69, 9.17) is 4.74 Å². The van der Waals surface area contributed by atoms with Crippen LogP contribution in [0.5, 0.6) is 5.75 Å². The minimum Gasteiger partial charge on any atom is -0.492 e. The summed E-state index contributed by atoms with van der Waals surface area (Å²) in [4.78, 5) is 29.2. The van der Waals surface area contributed by atoms with E-state index in [0.717, 1.165) is 4.90 Å². The summed E-state index contributed by atoms with van der Waals surface area (Å²) >= 11 is 1.28. The number of carboxylic acid groups (broad SMARTS) is 1. The van der Waals surface area contributed by atoms with Gasteiger partial charge in [-0.25, -0.2) is 4.98 Å². The number of aliphatic carboxylic acids is 1. The summed E-state index contributed by atoms with van der Waals surface area (Å²) in [5.74, 6) is 0.453. The third-order valence-corrected chi connectivity index (χ3v) is 5.54. The lowest BCUT2D eigenvalue weighted by atomic mass is 10.2. The number of nitrogens with zero attached hydrogens (tertiary/aromatic N) is 2. The molecule has 0 aliphatic rings. The Balaban J connectivity index is 1.65. The molecule has 1 heterocycles. The van der Waals surface area contributed by atoms with E-state index < -0.39 is 10.7 Å². The van der Waals surface area contributed by atoms with Crippen molar-refractivity contribution in [2.75, 3.05) is 6.61 Å². The van der Waals surface area contributed by atoms with Gasteiger partial charge in [0, 0.05) is 4.90 Å². The fourth-order valence-corrected chi connectivity index (χ4v) is 3.69. The first-order chi connectivity index (χ1) is 13.3. The number of aryl methyl sites for hydroxylation is 1. The van der Waals surface area contributed by atoms with Crippen LogP contribution in [-0.4, -0.2) is 32.0 Å². The molecule has 1 N–H and O–H groups in total. The van der Waals surface area contributed by atoms with Crippen molar-refractivity contribution in [1.82, 2.24) is 9.55 Å². The van der Waals surface area contributed by atoms with Gasteiger partial charge in [0.2, 0.25) is 0 Å². The van der Waals surface area contributed by atoms with Crippen molar-refractivity contribution in [2.45, 2.75) is 37.0 Å². The minimum atomic E-state index is -0.899. The second-order valence-electron chi connectivity index (χ2n) is 6.87. The Morgan fingerprint density at radius 2 is 1.86 bits per heavy atom. The van der Waals surface area contributed by atoms with E-state index in [0.29, 0.717) is 35.6 Å². The van der Waals surface area contributed by atoms with E-state index in [1.54, 1.807) is 36.6 Å². The number of aromatic nitrogens is 2. The number of fused-ring (bicyclic) bond motifs is 1. The van der Waals surface area contributed by atoms with E-state index in [1.807, 2.05) is 37.3 Å². The Kier molecular flexibility index (Phi) is 5.74. The van der Waals surface area contributed by atoms with Crippen molar-refractivity contribution in [3.05, 3.63) is 64.7 Å². The predicted molar refractivity (Wildman–Crippen MR) is 110 cm³/mol. The Hall–Kier alpha value is -2.80. The fourth-order valence-electron chi connectivity index (χ4n) is 2.74. The summed E-state index contributed by atoms with van der Waals surface area (Å²) in [5, 5.41) is 9.81. The van der Waals surface area contributed by atoms with Gasteiger partial charge in [-0.1, -0.05) is 12.1 Å². The van der Waals surface area contributed by atoms with Crippen molar-refractivity contribution in [3.8, 4) is 5.75 Å². The highest BCUT2D eigenvalue weighted by molar-refractivity contribution is 8.01. The van der Waals surface area contributed by atoms with E-state index in [2.05, 4.69) is 4.98 Å². The molecule has 3 aromatic rings. The quantitative estimate of drug-likeness (QED) is 0.611. The van der Waals surface area contributed by atoms with Crippen LogP contribution in [0.4, 0.5) is 0 Å². The first-order valence-electron chi connectivity index (χ1n) is 8.89. The number of hydrogen-bond donors (Lipinski definition) is 1. The van der Waals surface area contributed by atoms with E-state index >= 15 is 0 Å². The van der Waals surface area contributed by atoms with Crippen LogP contribution in [0.3, 0.4) is 0 Å². The summed E-state index contributed by atoms with van der Waals surface area (Å²) in [6, 6.07) is 14.6. The molecule has 0 radical (unpaired) electrons. The molecule has 1 aromatic heterocycles. The number of carboxylic acids is 1. The maximum atomic E-state index is 12.6. The molecular formula is C21H22N2O4S. The smallest absolute Gasteiger partial charge is 0.319 e. The molecule has 0 atom stereocenters. The Bertz CT molecular complexity index is 1060. The van der Waals surface area contributed by atoms with Crippen molar-refractivity contribution >= 4 is 28.6 Å². The van der Waals surface area contributed by atoms with Crippen molar-refractivity contribution in [3.63, 3.8) is 0 Å². The number of benzene rings is 2. The Labute approximate surface area is 167 Å². The SMILES string of the molecule is Cc1nc2ccccc2c(=O)n1CCOc1ccc(SC(C)(C)C(=O)O)cc1. The molecule has 0 unspecified atom stereocenters.